The fourth-order valence-electron chi connectivity index (χ4n) is 1.86. The number of allylic oxidation sites excluding steroid dienone is 2. The lowest BCUT2D eigenvalue weighted by Gasteiger charge is -2.19. The van der Waals surface area contributed by atoms with Gasteiger partial charge in [-0.15, -0.1) is 6.58 Å². The van der Waals surface area contributed by atoms with Gasteiger partial charge >= 0.3 is 0 Å². The Morgan fingerprint density at radius 1 is 1.20 bits per heavy atom. The SMILES string of the molecule is C=CC/C=C/P(=S)(OCCCCCC)c1ccccc1. The minimum atomic E-state index is -2.05. The number of hydrogen-bond donors (Lipinski definition) is 0. The summed E-state index contributed by atoms with van der Waals surface area (Å²) in [6.45, 7) is 6.71. The van der Waals surface area contributed by atoms with E-state index in [9.17, 15) is 0 Å². The van der Waals surface area contributed by atoms with E-state index in [-0.39, 0.29) is 0 Å². The van der Waals surface area contributed by atoms with Gasteiger partial charge in [0.25, 0.3) is 0 Å². The first-order chi connectivity index (χ1) is 9.73. The van der Waals surface area contributed by atoms with Crippen molar-refractivity contribution in [1.29, 1.82) is 0 Å². The van der Waals surface area contributed by atoms with Gasteiger partial charge in [-0.25, -0.2) is 0 Å². The van der Waals surface area contributed by atoms with Gasteiger partial charge in [0, 0.05) is 5.30 Å². The lowest BCUT2D eigenvalue weighted by Crippen LogP contribution is -2.06. The lowest BCUT2D eigenvalue weighted by molar-refractivity contribution is 0.343. The van der Waals surface area contributed by atoms with Gasteiger partial charge in [0.05, 0.1) is 6.61 Å². The molecular formula is C17H25OPS. The van der Waals surface area contributed by atoms with Crippen LogP contribution in [0.15, 0.2) is 54.9 Å². The molecule has 1 aromatic rings. The molecular weight excluding hydrogens is 283 g/mol. The van der Waals surface area contributed by atoms with Crippen LogP contribution in [0.3, 0.4) is 0 Å². The van der Waals surface area contributed by atoms with Crippen molar-refractivity contribution < 1.29 is 4.52 Å². The first kappa shape index (κ1) is 17.4. The molecule has 20 heavy (non-hydrogen) atoms. The Kier molecular flexibility index (Phi) is 8.77. The number of benzene rings is 1. The van der Waals surface area contributed by atoms with E-state index < -0.39 is 6.26 Å². The van der Waals surface area contributed by atoms with Crippen LogP contribution < -0.4 is 5.30 Å². The first-order valence-electron chi connectivity index (χ1n) is 7.31. The zero-order chi connectivity index (χ0) is 14.7. The zero-order valence-corrected chi connectivity index (χ0v) is 14.0. The summed E-state index contributed by atoms with van der Waals surface area (Å²) in [6, 6.07) is 10.2. The fourth-order valence-corrected chi connectivity index (χ4v) is 4.51. The maximum Gasteiger partial charge on any atom is 0.116 e. The Morgan fingerprint density at radius 3 is 2.60 bits per heavy atom. The summed E-state index contributed by atoms with van der Waals surface area (Å²) in [6.07, 6.45) is 7.57. The highest BCUT2D eigenvalue weighted by Crippen LogP contribution is 2.48. The number of unbranched alkanes of at least 4 members (excludes halogenated alkanes) is 3. The molecule has 1 unspecified atom stereocenters. The lowest BCUT2D eigenvalue weighted by atomic mass is 10.2. The molecule has 0 amide bonds. The van der Waals surface area contributed by atoms with Crippen LogP contribution in [0.1, 0.15) is 39.0 Å². The third-order valence-electron chi connectivity index (χ3n) is 3.00. The molecule has 0 saturated heterocycles. The standard InChI is InChI=1S/C17H25OPS/c1-3-5-7-11-15-18-19(20,16-12-6-4-2)17-13-9-8-10-14-17/h4,8-10,12-14,16H,2-3,5-7,11,15H2,1H3/b16-12+. The first-order valence-corrected chi connectivity index (χ1v) is 10.1. The maximum absolute atomic E-state index is 6.11. The average molecular weight is 308 g/mol. The summed E-state index contributed by atoms with van der Waals surface area (Å²) in [5, 5.41) is 1.13. The van der Waals surface area contributed by atoms with E-state index in [0.29, 0.717) is 0 Å². The maximum atomic E-state index is 6.11. The molecule has 1 aromatic carbocycles. The predicted octanol–water partition coefficient (Wildman–Crippen LogP) is 5.39. The van der Waals surface area contributed by atoms with Crippen LogP contribution in [0.4, 0.5) is 0 Å². The summed E-state index contributed by atoms with van der Waals surface area (Å²) in [5.74, 6) is 2.08. The second-order valence-corrected chi connectivity index (χ2v) is 8.63. The quantitative estimate of drug-likeness (QED) is 0.325. The van der Waals surface area contributed by atoms with E-state index in [4.69, 9.17) is 16.3 Å². The molecule has 0 aliphatic carbocycles. The molecule has 0 aromatic heterocycles. The van der Waals surface area contributed by atoms with Crippen molar-refractivity contribution in [3.8, 4) is 0 Å². The van der Waals surface area contributed by atoms with Crippen LogP contribution in [-0.4, -0.2) is 6.61 Å². The van der Waals surface area contributed by atoms with Crippen LogP contribution in [0.5, 0.6) is 0 Å². The van der Waals surface area contributed by atoms with E-state index in [0.717, 1.165) is 24.8 Å². The molecule has 110 valence electrons. The van der Waals surface area contributed by atoms with Gasteiger partial charge in [-0.1, -0.05) is 80.5 Å². The van der Waals surface area contributed by atoms with Gasteiger partial charge in [-0.3, -0.25) is 0 Å². The molecule has 0 aliphatic rings. The molecule has 0 bridgehead atoms. The summed E-state index contributed by atoms with van der Waals surface area (Å²) in [5.41, 5.74) is 0. The molecule has 1 atom stereocenters. The van der Waals surface area contributed by atoms with Crippen molar-refractivity contribution in [2.45, 2.75) is 39.0 Å². The van der Waals surface area contributed by atoms with Crippen molar-refractivity contribution >= 4 is 23.4 Å². The molecule has 3 heteroatoms. The summed E-state index contributed by atoms with van der Waals surface area (Å²) < 4.78 is 6.11. The summed E-state index contributed by atoms with van der Waals surface area (Å²) >= 11 is 5.83. The number of rotatable bonds is 10. The Bertz CT molecular complexity index is 453. The van der Waals surface area contributed by atoms with Crippen molar-refractivity contribution in [3.05, 3.63) is 54.9 Å². The van der Waals surface area contributed by atoms with Gasteiger partial charge in [0.2, 0.25) is 0 Å². The van der Waals surface area contributed by atoms with Crippen molar-refractivity contribution in [2.24, 2.45) is 0 Å². The minimum absolute atomic E-state index is 0.755. The summed E-state index contributed by atoms with van der Waals surface area (Å²) in [4.78, 5) is 0. The largest absolute Gasteiger partial charge is 0.343 e. The average Bonchev–Trinajstić information content (AvgIpc) is 2.48. The van der Waals surface area contributed by atoms with Crippen LogP contribution in [-0.2, 0) is 16.3 Å². The highest BCUT2D eigenvalue weighted by Gasteiger charge is 2.16. The minimum Gasteiger partial charge on any atom is -0.343 e. The van der Waals surface area contributed by atoms with E-state index in [1.807, 2.05) is 24.3 Å². The van der Waals surface area contributed by atoms with Crippen molar-refractivity contribution in [3.63, 3.8) is 0 Å². The van der Waals surface area contributed by atoms with E-state index in [1.54, 1.807) is 0 Å². The highest BCUT2D eigenvalue weighted by atomic mass is 32.4. The molecule has 0 radical (unpaired) electrons. The predicted molar refractivity (Wildman–Crippen MR) is 94.4 cm³/mol. The van der Waals surface area contributed by atoms with Gasteiger partial charge in [0.15, 0.2) is 0 Å². The van der Waals surface area contributed by atoms with Gasteiger partial charge in [-0.2, -0.15) is 0 Å². The van der Waals surface area contributed by atoms with Crippen molar-refractivity contribution in [2.75, 3.05) is 6.61 Å². The highest BCUT2D eigenvalue weighted by molar-refractivity contribution is 8.17. The Morgan fingerprint density at radius 2 is 1.95 bits per heavy atom. The molecule has 0 N–H and O–H groups in total. The molecule has 1 rings (SSSR count). The normalized spacial score (nSPS) is 14.2. The molecule has 0 spiro atoms. The monoisotopic (exact) mass is 308 g/mol. The van der Waals surface area contributed by atoms with Crippen LogP contribution in [0.25, 0.3) is 0 Å². The molecule has 0 aliphatic heterocycles. The Labute approximate surface area is 128 Å². The van der Waals surface area contributed by atoms with E-state index >= 15 is 0 Å². The summed E-state index contributed by atoms with van der Waals surface area (Å²) in [7, 11) is 0. The fraction of sp³-hybridized carbons (Fsp3) is 0.412. The van der Waals surface area contributed by atoms with Crippen LogP contribution in [0, 0.1) is 0 Å². The van der Waals surface area contributed by atoms with Gasteiger partial charge < -0.3 is 4.52 Å². The van der Waals surface area contributed by atoms with E-state index in [1.165, 1.54) is 19.3 Å². The van der Waals surface area contributed by atoms with Gasteiger partial charge in [-0.05, 0) is 18.7 Å². The topological polar surface area (TPSA) is 9.23 Å². The van der Waals surface area contributed by atoms with E-state index in [2.05, 4.69) is 37.5 Å². The smallest absolute Gasteiger partial charge is 0.116 e. The second kappa shape index (κ2) is 10.1. The second-order valence-electron chi connectivity index (χ2n) is 4.74. The van der Waals surface area contributed by atoms with Crippen LogP contribution >= 0.6 is 6.26 Å². The third kappa shape index (κ3) is 6.17. The molecule has 1 nitrogen and oxygen atoms in total. The molecule has 0 heterocycles. The molecule has 0 saturated carbocycles. The molecule has 0 fully saturated rings. The van der Waals surface area contributed by atoms with Crippen molar-refractivity contribution in [1.82, 2.24) is 0 Å². The van der Waals surface area contributed by atoms with Crippen LogP contribution in [0.2, 0.25) is 0 Å². The third-order valence-corrected chi connectivity index (χ3v) is 6.50. The van der Waals surface area contributed by atoms with Gasteiger partial charge in [0.1, 0.15) is 6.26 Å². The Balaban J connectivity index is 2.70. The zero-order valence-electron chi connectivity index (χ0n) is 12.3. The Hall–Kier alpha value is -0.690. The number of hydrogen-bond acceptors (Lipinski definition) is 2.